The Bertz CT molecular complexity index is 408. The number of likely N-dealkylation sites (tertiary alicyclic amines) is 1. The van der Waals surface area contributed by atoms with E-state index in [-0.39, 0.29) is 0 Å². The molecule has 0 spiro atoms. The van der Waals surface area contributed by atoms with E-state index in [0.29, 0.717) is 0 Å². The van der Waals surface area contributed by atoms with Crippen LogP contribution in [0.1, 0.15) is 17.5 Å². The molecule has 1 aliphatic heterocycles. The fourth-order valence-corrected chi connectivity index (χ4v) is 3.05. The molecule has 3 nitrogen and oxygen atoms in total. The van der Waals surface area contributed by atoms with Gasteiger partial charge in [-0.1, -0.05) is 22.0 Å². The van der Waals surface area contributed by atoms with Gasteiger partial charge in [0.05, 0.1) is 0 Å². The van der Waals surface area contributed by atoms with Crippen LogP contribution >= 0.6 is 15.9 Å². The van der Waals surface area contributed by atoms with E-state index in [0.717, 1.165) is 23.6 Å². The van der Waals surface area contributed by atoms with E-state index in [2.05, 4.69) is 57.8 Å². The SMILES string of the molecule is Cc1cc(CBr)cnc1N(C)CC1CCN(C)C1. The molecule has 100 valence electrons. The van der Waals surface area contributed by atoms with Crippen LogP contribution in [0.5, 0.6) is 0 Å². The van der Waals surface area contributed by atoms with E-state index in [1.165, 1.54) is 30.6 Å². The highest BCUT2D eigenvalue weighted by Gasteiger charge is 2.21. The smallest absolute Gasteiger partial charge is 0.131 e. The summed E-state index contributed by atoms with van der Waals surface area (Å²) >= 11 is 3.47. The lowest BCUT2D eigenvalue weighted by Crippen LogP contribution is -2.28. The summed E-state index contributed by atoms with van der Waals surface area (Å²) in [4.78, 5) is 9.30. The van der Waals surface area contributed by atoms with Crippen molar-refractivity contribution in [2.24, 2.45) is 5.92 Å². The number of anilines is 1. The van der Waals surface area contributed by atoms with Crippen molar-refractivity contribution < 1.29 is 0 Å². The highest BCUT2D eigenvalue weighted by molar-refractivity contribution is 9.08. The zero-order chi connectivity index (χ0) is 13.1. The minimum absolute atomic E-state index is 0.775. The molecule has 0 aromatic carbocycles. The van der Waals surface area contributed by atoms with Gasteiger partial charge < -0.3 is 9.80 Å². The summed E-state index contributed by atoms with van der Waals surface area (Å²) < 4.78 is 0. The van der Waals surface area contributed by atoms with E-state index in [9.17, 15) is 0 Å². The van der Waals surface area contributed by atoms with Crippen LogP contribution in [0.4, 0.5) is 5.82 Å². The van der Waals surface area contributed by atoms with Gasteiger partial charge in [0.1, 0.15) is 5.82 Å². The molecule has 1 aromatic heterocycles. The van der Waals surface area contributed by atoms with Crippen LogP contribution in [0.3, 0.4) is 0 Å². The minimum atomic E-state index is 0.775. The third-order valence-corrected chi connectivity index (χ3v) is 4.29. The number of aryl methyl sites for hydroxylation is 1. The lowest BCUT2D eigenvalue weighted by molar-refractivity contribution is 0.395. The number of pyridine rings is 1. The molecule has 1 fully saturated rings. The van der Waals surface area contributed by atoms with Gasteiger partial charge in [0.15, 0.2) is 0 Å². The van der Waals surface area contributed by atoms with Gasteiger partial charge >= 0.3 is 0 Å². The third-order valence-electron chi connectivity index (χ3n) is 3.64. The number of hydrogen-bond acceptors (Lipinski definition) is 3. The molecule has 1 unspecified atom stereocenters. The summed E-state index contributed by atoms with van der Waals surface area (Å²) in [6.07, 6.45) is 3.27. The highest BCUT2D eigenvalue weighted by atomic mass is 79.9. The first-order chi connectivity index (χ1) is 8.60. The molecule has 0 aliphatic carbocycles. The maximum atomic E-state index is 4.59. The third kappa shape index (κ3) is 3.23. The average molecular weight is 312 g/mol. The molecular weight excluding hydrogens is 290 g/mol. The molecule has 2 rings (SSSR count). The first kappa shape index (κ1) is 13.8. The Labute approximate surface area is 118 Å². The van der Waals surface area contributed by atoms with Crippen LogP contribution in [-0.2, 0) is 5.33 Å². The molecule has 0 saturated carbocycles. The van der Waals surface area contributed by atoms with E-state index >= 15 is 0 Å². The standard InChI is InChI=1S/C14H22BrN3/c1-11-6-13(7-15)8-16-14(11)18(3)10-12-4-5-17(2)9-12/h6,8,12H,4-5,7,9-10H2,1-3H3. The average Bonchev–Trinajstić information content (AvgIpc) is 2.74. The van der Waals surface area contributed by atoms with Crippen molar-refractivity contribution in [2.75, 3.05) is 38.6 Å². The lowest BCUT2D eigenvalue weighted by atomic mass is 10.1. The van der Waals surface area contributed by atoms with Gasteiger partial charge in [-0.2, -0.15) is 0 Å². The van der Waals surface area contributed by atoms with Gasteiger partial charge in [0, 0.05) is 31.7 Å². The molecule has 4 heteroatoms. The summed E-state index contributed by atoms with van der Waals surface area (Å²) in [5.41, 5.74) is 2.51. The van der Waals surface area contributed by atoms with Crippen LogP contribution in [-0.4, -0.2) is 43.6 Å². The van der Waals surface area contributed by atoms with Crippen molar-refractivity contribution in [3.05, 3.63) is 23.4 Å². The Morgan fingerprint density at radius 1 is 1.56 bits per heavy atom. The minimum Gasteiger partial charge on any atom is -0.359 e. The molecule has 1 aromatic rings. The lowest BCUT2D eigenvalue weighted by Gasteiger charge is -2.23. The fraction of sp³-hybridized carbons (Fsp3) is 0.643. The van der Waals surface area contributed by atoms with Crippen molar-refractivity contribution in [2.45, 2.75) is 18.7 Å². The van der Waals surface area contributed by atoms with Crippen LogP contribution < -0.4 is 4.90 Å². The topological polar surface area (TPSA) is 19.4 Å². The van der Waals surface area contributed by atoms with Gasteiger partial charge in [-0.15, -0.1) is 0 Å². The van der Waals surface area contributed by atoms with E-state index < -0.39 is 0 Å². The second-order valence-electron chi connectivity index (χ2n) is 5.42. The monoisotopic (exact) mass is 311 g/mol. The van der Waals surface area contributed by atoms with Crippen LogP contribution in [0.2, 0.25) is 0 Å². The van der Waals surface area contributed by atoms with Gasteiger partial charge in [-0.05, 0) is 44.0 Å². The Kier molecular flexibility index (Phi) is 4.62. The number of alkyl halides is 1. The molecular formula is C14H22BrN3. The maximum Gasteiger partial charge on any atom is 0.131 e. The van der Waals surface area contributed by atoms with Gasteiger partial charge in [0.25, 0.3) is 0 Å². The predicted molar refractivity (Wildman–Crippen MR) is 80.5 cm³/mol. The first-order valence-electron chi connectivity index (χ1n) is 6.51. The largest absolute Gasteiger partial charge is 0.359 e. The van der Waals surface area contributed by atoms with Gasteiger partial charge in [-0.25, -0.2) is 4.98 Å². The quantitative estimate of drug-likeness (QED) is 0.797. The van der Waals surface area contributed by atoms with Gasteiger partial charge in [-0.3, -0.25) is 0 Å². The summed E-state index contributed by atoms with van der Waals surface area (Å²) in [6.45, 7) is 5.69. The van der Waals surface area contributed by atoms with E-state index in [1.54, 1.807) is 0 Å². The molecule has 0 N–H and O–H groups in total. The van der Waals surface area contributed by atoms with E-state index in [1.807, 2.05) is 6.20 Å². The maximum absolute atomic E-state index is 4.59. The summed E-state index contributed by atoms with van der Waals surface area (Å²) in [5.74, 6) is 1.89. The second kappa shape index (κ2) is 6.02. The molecule has 1 aliphatic rings. The molecule has 0 bridgehead atoms. The zero-order valence-electron chi connectivity index (χ0n) is 11.5. The molecule has 1 atom stereocenters. The number of halogens is 1. The molecule has 18 heavy (non-hydrogen) atoms. The number of aromatic nitrogens is 1. The number of hydrogen-bond donors (Lipinski definition) is 0. The van der Waals surface area contributed by atoms with Crippen LogP contribution in [0.15, 0.2) is 12.3 Å². The van der Waals surface area contributed by atoms with Crippen molar-refractivity contribution in [1.82, 2.24) is 9.88 Å². The highest BCUT2D eigenvalue weighted by Crippen LogP contribution is 2.21. The normalized spacial score (nSPS) is 20.3. The van der Waals surface area contributed by atoms with Crippen molar-refractivity contribution in [3.8, 4) is 0 Å². The molecule has 0 amide bonds. The van der Waals surface area contributed by atoms with Crippen molar-refractivity contribution in [1.29, 1.82) is 0 Å². The summed E-state index contributed by atoms with van der Waals surface area (Å²) in [5, 5.41) is 0.873. The van der Waals surface area contributed by atoms with Crippen molar-refractivity contribution >= 4 is 21.7 Å². The Morgan fingerprint density at radius 2 is 2.33 bits per heavy atom. The molecule has 2 heterocycles. The second-order valence-corrected chi connectivity index (χ2v) is 5.98. The first-order valence-corrected chi connectivity index (χ1v) is 7.63. The van der Waals surface area contributed by atoms with Crippen LogP contribution in [0.25, 0.3) is 0 Å². The molecule has 1 saturated heterocycles. The summed E-state index contributed by atoms with van der Waals surface area (Å²) in [6, 6.07) is 2.22. The Hall–Kier alpha value is -0.610. The Balaban J connectivity index is 2.02. The number of nitrogens with zero attached hydrogens (tertiary/aromatic N) is 3. The molecule has 0 radical (unpaired) electrons. The number of rotatable bonds is 4. The van der Waals surface area contributed by atoms with Gasteiger partial charge in [0.2, 0.25) is 0 Å². The Morgan fingerprint density at radius 3 is 2.89 bits per heavy atom. The van der Waals surface area contributed by atoms with Crippen molar-refractivity contribution in [3.63, 3.8) is 0 Å². The summed E-state index contributed by atoms with van der Waals surface area (Å²) in [7, 11) is 4.36. The van der Waals surface area contributed by atoms with E-state index in [4.69, 9.17) is 0 Å². The van der Waals surface area contributed by atoms with Crippen LogP contribution in [0, 0.1) is 12.8 Å². The fourth-order valence-electron chi connectivity index (χ4n) is 2.75. The predicted octanol–water partition coefficient (Wildman–Crippen LogP) is 2.67. The zero-order valence-corrected chi connectivity index (χ0v) is 13.1.